The molecule has 3 rings (SSSR count). The number of benzene rings is 1. The monoisotopic (exact) mass is 198 g/mol. The third-order valence-electron chi connectivity index (χ3n) is 2.56. The smallest absolute Gasteiger partial charge is 0.0697 e. The lowest BCUT2D eigenvalue weighted by Gasteiger charge is -2.01. The fourth-order valence-corrected chi connectivity index (χ4v) is 1.76. The lowest BCUT2D eigenvalue weighted by atomic mass is 10.2. The normalized spacial score (nSPS) is 11.0. The van der Waals surface area contributed by atoms with Gasteiger partial charge in [0.05, 0.1) is 18.1 Å². The molecule has 0 N–H and O–H groups in total. The van der Waals surface area contributed by atoms with Crippen LogP contribution in [0.5, 0.6) is 0 Å². The van der Waals surface area contributed by atoms with E-state index in [0.29, 0.717) is 0 Å². The first-order valence-electron chi connectivity index (χ1n) is 4.76. The molecule has 15 heavy (non-hydrogen) atoms. The van der Waals surface area contributed by atoms with E-state index in [2.05, 4.69) is 39.3 Å². The van der Waals surface area contributed by atoms with E-state index >= 15 is 0 Å². The van der Waals surface area contributed by atoms with E-state index in [1.54, 1.807) is 10.9 Å². The Bertz CT molecular complexity index is 592. The molecule has 1 aromatic carbocycles. The zero-order valence-electron chi connectivity index (χ0n) is 8.33. The fraction of sp³-hybridized carbons (Fsp3) is 0.0909. The largest absolute Gasteiger partial charge is 0.351 e. The summed E-state index contributed by atoms with van der Waals surface area (Å²) >= 11 is 0. The molecule has 74 valence electrons. The summed E-state index contributed by atoms with van der Waals surface area (Å²) in [6.45, 7) is 0. The minimum absolute atomic E-state index is 1.03. The van der Waals surface area contributed by atoms with E-state index in [9.17, 15) is 0 Å². The lowest BCUT2D eigenvalue weighted by molar-refractivity contribution is 0.804. The third-order valence-corrected chi connectivity index (χ3v) is 2.56. The minimum Gasteiger partial charge on any atom is -0.351 e. The Kier molecular flexibility index (Phi) is 1.62. The molecular weight excluding hydrogens is 188 g/mol. The maximum Gasteiger partial charge on any atom is 0.0697 e. The summed E-state index contributed by atoms with van der Waals surface area (Å²) in [7, 11) is 2.04. The van der Waals surface area contributed by atoms with Crippen LogP contribution in [0.25, 0.3) is 16.6 Å². The number of fused-ring (bicyclic) bond motifs is 1. The van der Waals surface area contributed by atoms with Crippen molar-refractivity contribution in [3.8, 4) is 5.69 Å². The van der Waals surface area contributed by atoms with Crippen LogP contribution in [0, 0.1) is 0 Å². The SMILES string of the molecule is Cn1ccc2cc(-n3ccnn3)ccc21. The van der Waals surface area contributed by atoms with Crippen molar-refractivity contribution in [1.82, 2.24) is 19.6 Å². The molecule has 0 bridgehead atoms. The van der Waals surface area contributed by atoms with Gasteiger partial charge in [0.25, 0.3) is 0 Å². The van der Waals surface area contributed by atoms with Gasteiger partial charge in [-0.3, -0.25) is 0 Å². The molecule has 0 saturated heterocycles. The van der Waals surface area contributed by atoms with Crippen LogP contribution in [-0.2, 0) is 7.05 Å². The quantitative estimate of drug-likeness (QED) is 0.597. The lowest BCUT2D eigenvalue weighted by Crippen LogP contribution is -1.94. The number of nitrogens with zero attached hydrogens (tertiary/aromatic N) is 4. The maximum atomic E-state index is 3.96. The van der Waals surface area contributed by atoms with Crippen LogP contribution in [0.2, 0.25) is 0 Å². The molecule has 2 heterocycles. The first-order chi connectivity index (χ1) is 7.34. The second-order valence-corrected chi connectivity index (χ2v) is 3.52. The molecule has 0 radical (unpaired) electrons. The van der Waals surface area contributed by atoms with Crippen LogP contribution >= 0.6 is 0 Å². The number of hydrogen-bond acceptors (Lipinski definition) is 2. The van der Waals surface area contributed by atoms with Gasteiger partial charge in [-0.1, -0.05) is 5.21 Å². The summed E-state index contributed by atoms with van der Waals surface area (Å²) in [4.78, 5) is 0. The zero-order valence-corrected chi connectivity index (χ0v) is 8.33. The maximum absolute atomic E-state index is 3.96. The van der Waals surface area contributed by atoms with E-state index < -0.39 is 0 Å². The second-order valence-electron chi connectivity index (χ2n) is 3.52. The fourth-order valence-electron chi connectivity index (χ4n) is 1.76. The summed E-state index contributed by atoms with van der Waals surface area (Å²) in [5, 5.41) is 8.96. The van der Waals surface area contributed by atoms with Crippen molar-refractivity contribution in [1.29, 1.82) is 0 Å². The van der Waals surface area contributed by atoms with Crippen molar-refractivity contribution in [3.63, 3.8) is 0 Å². The van der Waals surface area contributed by atoms with Crippen molar-refractivity contribution in [2.24, 2.45) is 7.05 Å². The Balaban J connectivity index is 2.23. The molecule has 0 fully saturated rings. The van der Waals surface area contributed by atoms with Gasteiger partial charge in [0.1, 0.15) is 0 Å². The topological polar surface area (TPSA) is 35.6 Å². The third kappa shape index (κ3) is 1.22. The Labute approximate surface area is 86.7 Å². The highest BCUT2D eigenvalue weighted by atomic mass is 15.4. The van der Waals surface area contributed by atoms with Gasteiger partial charge in [-0.15, -0.1) is 5.10 Å². The highest BCUT2D eigenvalue weighted by Gasteiger charge is 2.01. The van der Waals surface area contributed by atoms with Crippen LogP contribution in [0.4, 0.5) is 0 Å². The van der Waals surface area contributed by atoms with Crippen LogP contribution in [0.1, 0.15) is 0 Å². The Morgan fingerprint density at radius 3 is 2.87 bits per heavy atom. The van der Waals surface area contributed by atoms with Gasteiger partial charge in [-0.25, -0.2) is 4.68 Å². The highest BCUT2D eigenvalue weighted by molar-refractivity contribution is 5.82. The molecule has 3 aromatic rings. The second kappa shape index (κ2) is 2.95. The summed E-state index contributed by atoms with van der Waals surface area (Å²) in [5.41, 5.74) is 2.25. The highest BCUT2D eigenvalue weighted by Crippen LogP contribution is 2.18. The van der Waals surface area contributed by atoms with Gasteiger partial charge in [-0.2, -0.15) is 0 Å². The molecule has 0 aliphatic carbocycles. The van der Waals surface area contributed by atoms with Crippen molar-refractivity contribution < 1.29 is 0 Å². The van der Waals surface area contributed by atoms with Crippen LogP contribution in [-0.4, -0.2) is 19.6 Å². The van der Waals surface area contributed by atoms with Gasteiger partial charge in [0.2, 0.25) is 0 Å². The van der Waals surface area contributed by atoms with Crippen LogP contribution in [0.3, 0.4) is 0 Å². The van der Waals surface area contributed by atoms with Crippen molar-refractivity contribution in [3.05, 3.63) is 42.9 Å². The van der Waals surface area contributed by atoms with Crippen molar-refractivity contribution >= 4 is 10.9 Å². The van der Waals surface area contributed by atoms with E-state index in [4.69, 9.17) is 0 Å². The average molecular weight is 198 g/mol. The number of rotatable bonds is 1. The van der Waals surface area contributed by atoms with Crippen LogP contribution < -0.4 is 0 Å². The molecule has 0 spiro atoms. The van der Waals surface area contributed by atoms with Crippen LogP contribution in [0.15, 0.2) is 42.9 Å². The van der Waals surface area contributed by atoms with E-state index in [-0.39, 0.29) is 0 Å². The van der Waals surface area contributed by atoms with Gasteiger partial charge in [-0.05, 0) is 24.3 Å². The predicted molar refractivity (Wildman–Crippen MR) is 57.8 cm³/mol. The first kappa shape index (κ1) is 8.23. The predicted octanol–water partition coefficient (Wildman–Crippen LogP) is 1.76. The molecule has 4 nitrogen and oxygen atoms in total. The van der Waals surface area contributed by atoms with E-state index in [1.165, 1.54) is 10.9 Å². The zero-order chi connectivity index (χ0) is 10.3. The Morgan fingerprint density at radius 1 is 1.13 bits per heavy atom. The van der Waals surface area contributed by atoms with Crippen molar-refractivity contribution in [2.45, 2.75) is 0 Å². The Hall–Kier alpha value is -2.10. The molecule has 0 aliphatic heterocycles. The molecular formula is C11H10N4. The Morgan fingerprint density at radius 2 is 2.07 bits per heavy atom. The standard InChI is InChI=1S/C11H10N4/c1-14-6-4-9-8-10(2-3-11(9)14)15-7-5-12-13-15/h2-8H,1H3. The van der Waals surface area contributed by atoms with Crippen molar-refractivity contribution in [2.75, 3.05) is 0 Å². The number of aromatic nitrogens is 4. The molecule has 0 atom stereocenters. The number of aryl methyl sites for hydroxylation is 1. The van der Waals surface area contributed by atoms with Gasteiger partial charge in [0, 0.05) is 24.1 Å². The molecule has 4 heteroatoms. The number of hydrogen-bond donors (Lipinski definition) is 0. The molecule has 2 aromatic heterocycles. The van der Waals surface area contributed by atoms with Gasteiger partial charge < -0.3 is 4.57 Å². The van der Waals surface area contributed by atoms with Gasteiger partial charge in [0.15, 0.2) is 0 Å². The first-order valence-corrected chi connectivity index (χ1v) is 4.76. The molecule has 0 amide bonds. The van der Waals surface area contributed by atoms with E-state index in [0.717, 1.165) is 5.69 Å². The van der Waals surface area contributed by atoms with E-state index in [1.807, 2.05) is 19.3 Å². The average Bonchev–Trinajstić information content (AvgIpc) is 2.88. The summed E-state index contributed by atoms with van der Waals surface area (Å²) < 4.78 is 3.85. The molecule has 0 unspecified atom stereocenters. The molecule has 0 saturated carbocycles. The summed E-state index contributed by atoms with van der Waals surface area (Å²) in [6, 6.07) is 8.32. The summed E-state index contributed by atoms with van der Waals surface area (Å²) in [5.74, 6) is 0. The molecule has 0 aliphatic rings. The van der Waals surface area contributed by atoms with Gasteiger partial charge >= 0.3 is 0 Å². The summed E-state index contributed by atoms with van der Waals surface area (Å²) in [6.07, 6.45) is 5.56. The minimum atomic E-state index is 1.03.